The van der Waals surface area contributed by atoms with Gasteiger partial charge in [0, 0.05) is 48.5 Å². The number of rotatable bonds is 6. The molecule has 1 aliphatic rings. The van der Waals surface area contributed by atoms with Crippen LogP contribution >= 0.6 is 23.2 Å². The molecule has 0 aliphatic carbocycles. The van der Waals surface area contributed by atoms with E-state index in [0.29, 0.717) is 32.9 Å². The molecule has 1 saturated heterocycles. The Morgan fingerprint density at radius 3 is 2.02 bits per heavy atom. The van der Waals surface area contributed by atoms with E-state index in [9.17, 15) is 26.7 Å². The van der Waals surface area contributed by atoms with Gasteiger partial charge >= 0.3 is 0 Å². The van der Waals surface area contributed by atoms with Crippen LogP contribution in [0.3, 0.4) is 0 Å². The molecule has 1 aromatic heterocycles. The first-order chi connectivity index (χ1) is 19.6. The molecule has 1 amide bonds. The number of halogens is 7. The Morgan fingerprint density at radius 2 is 1.39 bits per heavy atom. The molecule has 4 aromatic rings. The molecule has 0 unspecified atom stereocenters. The zero-order valence-electron chi connectivity index (χ0n) is 21.0. The molecule has 2 heterocycles. The van der Waals surface area contributed by atoms with Crippen molar-refractivity contribution in [2.75, 3.05) is 41.3 Å². The van der Waals surface area contributed by atoms with Gasteiger partial charge in [-0.25, -0.2) is 22.0 Å². The van der Waals surface area contributed by atoms with E-state index in [0.717, 1.165) is 10.5 Å². The highest BCUT2D eigenvalue weighted by Gasteiger charge is 2.31. The van der Waals surface area contributed by atoms with Gasteiger partial charge in [-0.05, 0) is 60.7 Å². The smallest absolute Gasteiger partial charge is 0.248 e. The molecule has 1 aliphatic heterocycles. The summed E-state index contributed by atoms with van der Waals surface area (Å²) in [5, 5.41) is 3.62. The molecule has 1 fully saturated rings. The van der Waals surface area contributed by atoms with E-state index in [2.05, 4.69) is 5.32 Å². The molecule has 0 atom stereocenters. The first-order valence-corrected chi connectivity index (χ1v) is 13.0. The van der Waals surface area contributed by atoms with Crippen molar-refractivity contribution in [1.82, 2.24) is 0 Å². The largest absolute Gasteiger partial charge is 0.457 e. The SMILES string of the molecule is O=C(C=Cc1ccc(-c2ccc(Cl)cc2)o1)Nc1ccc(N2CCN(c3c(F)c(F)c(F)c(F)c3F)CC2)c(Cl)c1. The number of nitrogens with one attached hydrogen (secondary N) is 1. The third-order valence-corrected chi connectivity index (χ3v) is 7.05. The van der Waals surface area contributed by atoms with Crippen LogP contribution in [0.4, 0.5) is 39.0 Å². The van der Waals surface area contributed by atoms with Gasteiger partial charge in [-0.2, -0.15) is 0 Å². The minimum atomic E-state index is -2.19. The van der Waals surface area contributed by atoms with E-state index in [1.54, 1.807) is 42.5 Å². The maximum Gasteiger partial charge on any atom is 0.248 e. The monoisotopic (exact) mass is 607 g/mol. The second-order valence-corrected chi connectivity index (χ2v) is 9.93. The molecular formula is C29H20Cl2F5N3O2. The summed E-state index contributed by atoms with van der Waals surface area (Å²) in [6.45, 7) is 0.387. The molecule has 0 saturated carbocycles. The van der Waals surface area contributed by atoms with Crippen LogP contribution in [0.5, 0.6) is 0 Å². The van der Waals surface area contributed by atoms with E-state index in [1.165, 1.54) is 12.2 Å². The fraction of sp³-hybridized carbons (Fsp3) is 0.138. The molecule has 0 bridgehead atoms. The lowest BCUT2D eigenvalue weighted by Crippen LogP contribution is -2.47. The summed E-state index contributed by atoms with van der Waals surface area (Å²) in [4.78, 5) is 15.4. The van der Waals surface area contributed by atoms with Crippen molar-refractivity contribution in [3.8, 4) is 11.3 Å². The standard InChI is InChI=1S/C29H20Cl2F5N3O2/c30-17-3-1-16(2-4-17)22-9-6-19(41-22)7-10-23(40)37-18-5-8-21(20(31)15-18)38-11-13-39(14-12-38)29-27(35)25(33)24(32)26(34)28(29)36/h1-10,15H,11-14H2,(H,37,40). The number of piperazine rings is 1. The number of nitrogens with zero attached hydrogens (tertiary/aromatic N) is 2. The molecule has 5 nitrogen and oxygen atoms in total. The molecule has 1 N–H and O–H groups in total. The van der Waals surface area contributed by atoms with Crippen molar-refractivity contribution in [3.05, 3.63) is 106 Å². The van der Waals surface area contributed by atoms with E-state index < -0.39 is 40.7 Å². The van der Waals surface area contributed by atoms with Crippen molar-refractivity contribution in [2.45, 2.75) is 0 Å². The maximum atomic E-state index is 14.2. The predicted molar refractivity (Wildman–Crippen MR) is 149 cm³/mol. The van der Waals surface area contributed by atoms with Crippen molar-refractivity contribution >= 4 is 52.2 Å². The van der Waals surface area contributed by atoms with Crippen LogP contribution in [-0.4, -0.2) is 32.1 Å². The van der Waals surface area contributed by atoms with E-state index >= 15 is 0 Å². The fourth-order valence-electron chi connectivity index (χ4n) is 4.44. The Balaban J connectivity index is 1.20. The molecule has 0 spiro atoms. The predicted octanol–water partition coefficient (Wildman–Crippen LogP) is 7.93. The zero-order chi connectivity index (χ0) is 29.3. The third-order valence-electron chi connectivity index (χ3n) is 6.49. The van der Waals surface area contributed by atoms with E-state index in [1.807, 2.05) is 17.0 Å². The van der Waals surface area contributed by atoms with Gasteiger partial charge in [0.1, 0.15) is 17.2 Å². The minimum absolute atomic E-state index is 0.00945. The van der Waals surface area contributed by atoms with Gasteiger partial charge in [-0.3, -0.25) is 4.79 Å². The first kappa shape index (κ1) is 28.5. The highest BCUT2D eigenvalue weighted by Crippen LogP contribution is 2.34. The molecular weight excluding hydrogens is 588 g/mol. The third kappa shape index (κ3) is 6.03. The van der Waals surface area contributed by atoms with Crippen molar-refractivity contribution in [2.24, 2.45) is 0 Å². The quantitative estimate of drug-likeness (QED) is 0.105. The molecule has 41 heavy (non-hydrogen) atoms. The number of anilines is 3. The minimum Gasteiger partial charge on any atom is -0.457 e. The van der Waals surface area contributed by atoms with Crippen LogP contribution in [0, 0.1) is 29.1 Å². The van der Waals surface area contributed by atoms with Crippen LogP contribution in [0.15, 0.2) is 65.1 Å². The lowest BCUT2D eigenvalue weighted by molar-refractivity contribution is -0.111. The van der Waals surface area contributed by atoms with Gasteiger partial charge in [0.05, 0.1) is 10.7 Å². The van der Waals surface area contributed by atoms with E-state index in [-0.39, 0.29) is 26.2 Å². The Bertz CT molecular complexity index is 1610. The number of benzene rings is 3. The van der Waals surface area contributed by atoms with E-state index in [4.69, 9.17) is 27.6 Å². The normalized spacial score (nSPS) is 13.7. The lowest BCUT2D eigenvalue weighted by atomic mass is 10.2. The van der Waals surface area contributed by atoms with Gasteiger partial charge in [0.25, 0.3) is 0 Å². The Kier molecular flexibility index (Phi) is 8.23. The second-order valence-electron chi connectivity index (χ2n) is 9.09. The van der Waals surface area contributed by atoms with Crippen molar-refractivity contribution < 1.29 is 31.2 Å². The lowest BCUT2D eigenvalue weighted by Gasteiger charge is -2.38. The fourth-order valence-corrected chi connectivity index (χ4v) is 4.86. The Hall–Kier alpha value is -4.02. The summed E-state index contributed by atoms with van der Waals surface area (Å²) in [6, 6.07) is 15.5. The van der Waals surface area contributed by atoms with Crippen LogP contribution in [0.1, 0.15) is 5.76 Å². The summed E-state index contributed by atoms with van der Waals surface area (Å²) in [6.07, 6.45) is 2.83. The van der Waals surface area contributed by atoms with Crippen LogP contribution in [-0.2, 0) is 4.79 Å². The summed E-state index contributed by atoms with van der Waals surface area (Å²) in [5.74, 6) is -9.21. The van der Waals surface area contributed by atoms with Gasteiger partial charge in [0.2, 0.25) is 11.7 Å². The number of carbonyl (C=O) groups is 1. The van der Waals surface area contributed by atoms with Gasteiger partial charge in [-0.1, -0.05) is 23.2 Å². The molecule has 212 valence electrons. The number of furan rings is 1. The first-order valence-electron chi connectivity index (χ1n) is 12.3. The Morgan fingerprint density at radius 1 is 0.780 bits per heavy atom. The number of amides is 1. The van der Waals surface area contributed by atoms with Crippen molar-refractivity contribution in [1.29, 1.82) is 0 Å². The average Bonchev–Trinajstić information content (AvgIpc) is 3.44. The average molecular weight is 608 g/mol. The number of hydrogen-bond acceptors (Lipinski definition) is 4. The highest BCUT2D eigenvalue weighted by atomic mass is 35.5. The Labute approximate surface area is 241 Å². The number of carbonyl (C=O) groups excluding carboxylic acids is 1. The van der Waals surface area contributed by atoms with Crippen LogP contribution in [0.2, 0.25) is 10.0 Å². The van der Waals surface area contributed by atoms with Gasteiger partial charge in [0.15, 0.2) is 23.3 Å². The summed E-state index contributed by atoms with van der Waals surface area (Å²) >= 11 is 12.4. The maximum absolute atomic E-state index is 14.2. The van der Waals surface area contributed by atoms with Gasteiger partial charge < -0.3 is 19.5 Å². The van der Waals surface area contributed by atoms with Crippen molar-refractivity contribution in [3.63, 3.8) is 0 Å². The summed E-state index contributed by atoms with van der Waals surface area (Å²) in [7, 11) is 0. The topological polar surface area (TPSA) is 48.7 Å². The van der Waals surface area contributed by atoms with Gasteiger partial charge in [-0.15, -0.1) is 0 Å². The zero-order valence-corrected chi connectivity index (χ0v) is 22.5. The second kappa shape index (κ2) is 11.8. The molecule has 5 rings (SSSR count). The van der Waals surface area contributed by atoms with Crippen LogP contribution < -0.4 is 15.1 Å². The van der Waals surface area contributed by atoms with Crippen LogP contribution in [0.25, 0.3) is 17.4 Å². The molecule has 3 aromatic carbocycles. The molecule has 0 radical (unpaired) electrons. The summed E-state index contributed by atoms with van der Waals surface area (Å²) < 4.78 is 74.8. The number of hydrogen-bond donors (Lipinski definition) is 1. The highest BCUT2D eigenvalue weighted by molar-refractivity contribution is 6.33. The summed E-state index contributed by atoms with van der Waals surface area (Å²) in [5.41, 5.74) is 0.901. The molecule has 12 heteroatoms.